The van der Waals surface area contributed by atoms with Gasteiger partial charge in [0.1, 0.15) is 0 Å². The van der Waals surface area contributed by atoms with Crippen molar-refractivity contribution in [2.24, 2.45) is 0 Å². The minimum atomic E-state index is 0.906. The lowest BCUT2D eigenvalue weighted by molar-refractivity contribution is 0.640. The van der Waals surface area contributed by atoms with Crippen LogP contribution in [0.5, 0.6) is 0 Å². The Balaban J connectivity index is 2.46. The van der Waals surface area contributed by atoms with E-state index in [9.17, 15) is 0 Å². The van der Waals surface area contributed by atoms with E-state index in [1.165, 1.54) is 27.9 Å². The molecule has 0 aliphatic heterocycles. The Kier molecular flexibility index (Phi) is 4.38. The van der Waals surface area contributed by atoms with Gasteiger partial charge in [0.2, 0.25) is 0 Å². The number of hydrogen-bond acceptors (Lipinski definition) is 2. The van der Waals surface area contributed by atoms with Crippen LogP contribution in [0.4, 0.5) is 0 Å². The molecule has 1 aromatic heterocycles. The fraction of sp³-hybridized carbons (Fsp3) is 0.438. The molecule has 1 N–H and O–H groups in total. The Hall–Kier alpha value is -1.61. The first-order valence-electron chi connectivity index (χ1n) is 7.00. The van der Waals surface area contributed by atoms with Gasteiger partial charge in [-0.05, 0) is 38.4 Å². The standard InChI is InChI=1S/C16H23N3/c1-5-17-10-14-8-7-12(3)9-15(14)16-11-18-19(6-2)13(16)4/h7-9,11,17H,5-6,10H2,1-4H3. The number of aryl methyl sites for hydroxylation is 2. The van der Waals surface area contributed by atoms with Crippen molar-refractivity contribution in [1.29, 1.82) is 0 Å². The van der Waals surface area contributed by atoms with E-state index in [-0.39, 0.29) is 0 Å². The van der Waals surface area contributed by atoms with Gasteiger partial charge in [0.05, 0.1) is 6.20 Å². The van der Waals surface area contributed by atoms with Crippen LogP contribution >= 0.6 is 0 Å². The van der Waals surface area contributed by atoms with E-state index in [4.69, 9.17) is 0 Å². The zero-order valence-corrected chi connectivity index (χ0v) is 12.3. The van der Waals surface area contributed by atoms with Crippen molar-refractivity contribution in [3.8, 4) is 11.1 Å². The maximum absolute atomic E-state index is 4.46. The van der Waals surface area contributed by atoms with Crippen molar-refractivity contribution in [1.82, 2.24) is 15.1 Å². The van der Waals surface area contributed by atoms with Crippen molar-refractivity contribution >= 4 is 0 Å². The van der Waals surface area contributed by atoms with Gasteiger partial charge in [-0.2, -0.15) is 5.10 Å². The highest BCUT2D eigenvalue weighted by molar-refractivity contribution is 5.69. The molecular weight excluding hydrogens is 234 g/mol. The van der Waals surface area contributed by atoms with E-state index >= 15 is 0 Å². The lowest BCUT2D eigenvalue weighted by Crippen LogP contribution is -2.12. The molecule has 0 saturated carbocycles. The number of benzene rings is 1. The number of rotatable bonds is 5. The molecule has 0 aliphatic rings. The fourth-order valence-electron chi connectivity index (χ4n) is 2.38. The fourth-order valence-corrected chi connectivity index (χ4v) is 2.38. The van der Waals surface area contributed by atoms with Crippen molar-refractivity contribution in [3.63, 3.8) is 0 Å². The summed E-state index contributed by atoms with van der Waals surface area (Å²) in [6.45, 7) is 11.3. The Bertz CT molecular complexity index is 555. The summed E-state index contributed by atoms with van der Waals surface area (Å²) in [4.78, 5) is 0. The maximum Gasteiger partial charge on any atom is 0.0571 e. The molecule has 2 rings (SSSR count). The molecule has 0 aliphatic carbocycles. The van der Waals surface area contributed by atoms with E-state index in [0.29, 0.717) is 0 Å². The van der Waals surface area contributed by atoms with Crippen molar-refractivity contribution in [2.75, 3.05) is 6.54 Å². The SMILES string of the molecule is CCNCc1ccc(C)cc1-c1cnn(CC)c1C. The molecule has 0 amide bonds. The van der Waals surface area contributed by atoms with Gasteiger partial charge < -0.3 is 5.32 Å². The second-order valence-electron chi connectivity index (χ2n) is 4.90. The molecule has 1 heterocycles. The van der Waals surface area contributed by atoms with Gasteiger partial charge in [-0.15, -0.1) is 0 Å². The molecule has 102 valence electrons. The van der Waals surface area contributed by atoms with Gasteiger partial charge in [-0.1, -0.05) is 30.7 Å². The molecule has 3 nitrogen and oxygen atoms in total. The minimum absolute atomic E-state index is 0.906. The molecule has 0 unspecified atom stereocenters. The molecule has 3 heteroatoms. The average molecular weight is 257 g/mol. The molecule has 0 spiro atoms. The molecule has 0 atom stereocenters. The Morgan fingerprint density at radius 1 is 1.16 bits per heavy atom. The van der Waals surface area contributed by atoms with Crippen LogP contribution in [0.2, 0.25) is 0 Å². The van der Waals surface area contributed by atoms with E-state index in [1.807, 2.05) is 6.20 Å². The predicted octanol–water partition coefficient (Wildman–Crippen LogP) is 3.30. The van der Waals surface area contributed by atoms with Crippen LogP contribution in [0.1, 0.15) is 30.7 Å². The molecule has 0 fully saturated rings. The van der Waals surface area contributed by atoms with Gasteiger partial charge in [0, 0.05) is 24.3 Å². The third kappa shape index (κ3) is 2.87. The van der Waals surface area contributed by atoms with Crippen LogP contribution < -0.4 is 5.32 Å². The van der Waals surface area contributed by atoms with Crippen LogP contribution in [0, 0.1) is 13.8 Å². The molecule has 0 bridgehead atoms. The van der Waals surface area contributed by atoms with Gasteiger partial charge in [0.15, 0.2) is 0 Å². The van der Waals surface area contributed by atoms with Crippen molar-refractivity contribution in [3.05, 3.63) is 41.2 Å². The average Bonchev–Trinajstić information content (AvgIpc) is 2.78. The number of aromatic nitrogens is 2. The minimum Gasteiger partial charge on any atom is -0.313 e. The Morgan fingerprint density at radius 2 is 1.95 bits per heavy atom. The molecule has 19 heavy (non-hydrogen) atoms. The number of nitrogens with one attached hydrogen (secondary N) is 1. The Labute approximate surface area is 115 Å². The Morgan fingerprint density at radius 3 is 2.58 bits per heavy atom. The first kappa shape index (κ1) is 13.8. The van der Waals surface area contributed by atoms with Gasteiger partial charge in [-0.25, -0.2) is 0 Å². The van der Waals surface area contributed by atoms with Gasteiger partial charge in [-0.3, -0.25) is 4.68 Å². The molecule has 1 aromatic carbocycles. The molecule has 0 radical (unpaired) electrons. The van der Waals surface area contributed by atoms with Gasteiger partial charge in [0.25, 0.3) is 0 Å². The summed E-state index contributed by atoms with van der Waals surface area (Å²) in [6, 6.07) is 6.66. The third-order valence-electron chi connectivity index (χ3n) is 3.52. The highest BCUT2D eigenvalue weighted by atomic mass is 15.3. The second-order valence-corrected chi connectivity index (χ2v) is 4.90. The summed E-state index contributed by atoms with van der Waals surface area (Å²) in [5.41, 5.74) is 6.42. The van der Waals surface area contributed by atoms with Crippen LogP contribution in [-0.4, -0.2) is 16.3 Å². The zero-order chi connectivity index (χ0) is 13.8. The normalized spacial score (nSPS) is 10.9. The van der Waals surface area contributed by atoms with Crippen molar-refractivity contribution in [2.45, 2.75) is 40.8 Å². The van der Waals surface area contributed by atoms with Gasteiger partial charge >= 0.3 is 0 Å². The van der Waals surface area contributed by atoms with Crippen LogP contribution in [0.25, 0.3) is 11.1 Å². The predicted molar refractivity (Wildman–Crippen MR) is 80.2 cm³/mol. The number of hydrogen-bond donors (Lipinski definition) is 1. The number of nitrogens with zero attached hydrogens (tertiary/aromatic N) is 2. The third-order valence-corrected chi connectivity index (χ3v) is 3.52. The largest absolute Gasteiger partial charge is 0.313 e. The van der Waals surface area contributed by atoms with E-state index in [2.05, 4.69) is 61.0 Å². The summed E-state index contributed by atoms with van der Waals surface area (Å²) >= 11 is 0. The summed E-state index contributed by atoms with van der Waals surface area (Å²) in [7, 11) is 0. The van der Waals surface area contributed by atoms with E-state index < -0.39 is 0 Å². The van der Waals surface area contributed by atoms with Crippen LogP contribution in [0.15, 0.2) is 24.4 Å². The summed E-state index contributed by atoms with van der Waals surface area (Å²) in [5.74, 6) is 0. The highest BCUT2D eigenvalue weighted by Crippen LogP contribution is 2.27. The molecule has 2 aromatic rings. The quantitative estimate of drug-likeness (QED) is 0.890. The lowest BCUT2D eigenvalue weighted by Gasteiger charge is -2.11. The second kappa shape index (κ2) is 6.02. The first-order chi connectivity index (χ1) is 9.17. The highest BCUT2D eigenvalue weighted by Gasteiger charge is 2.11. The van der Waals surface area contributed by atoms with E-state index in [0.717, 1.165) is 19.6 Å². The molecular formula is C16H23N3. The summed E-state index contributed by atoms with van der Waals surface area (Å²) in [6.07, 6.45) is 1.99. The van der Waals surface area contributed by atoms with Crippen LogP contribution in [0.3, 0.4) is 0 Å². The smallest absolute Gasteiger partial charge is 0.0571 e. The molecule has 0 saturated heterocycles. The zero-order valence-electron chi connectivity index (χ0n) is 12.3. The monoisotopic (exact) mass is 257 g/mol. The van der Waals surface area contributed by atoms with Crippen molar-refractivity contribution < 1.29 is 0 Å². The summed E-state index contributed by atoms with van der Waals surface area (Å²) in [5, 5.41) is 7.87. The topological polar surface area (TPSA) is 29.9 Å². The first-order valence-corrected chi connectivity index (χ1v) is 7.00. The lowest BCUT2D eigenvalue weighted by atomic mass is 9.98. The van der Waals surface area contributed by atoms with E-state index in [1.54, 1.807) is 0 Å². The maximum atomic E-state index is 4.46. The van der Waals surface area contributed by atoms with Crippen LogP contribution in [-0.2, 0) is 13.1 Å². The summed E-state index contributed by atoms with van der Waals surface area (Å²) < 4.78 is 2.05.